The molecule has 2 radical (unpaired) electrons. The van der Waals surface area contributed by atoms with Crippen molar-refractivity contribution in [3.05, 3.63) is 64.7 Å². The van der Waals surface area contributed by atoms with Gasteiger partial charge in [-0.25, -0.2) is 0 Å². The van der Waals surface area contributed by atoms with Crippen LogP contribution in [0.3, 0.4) is 0 Å². The van der Waals surface area contributed by atoms with Crippen LogP contribution in [0.2, 0.25) is 5.02 Å². The highest BCUT2D eigenvalue weighted by atomic mass is 35.5. The summed E-state index contributed by atoms with van der Waals surface area (Å²) >= 11 is 6.02. The Morgan fingerprint density at radius 1 is 0.964 bits per heavy atom. The van der Waals surface area contributed by atoms with Crippen LogP contribution in [0.4, 0.5) is 0 Å². The third-order valence-corrected chi connectivity index (χ3v) is 5.24. The van der Waals surface area contributed by atoms with Gasteiger partial charge in [0.2, 0.25) is 0 Å². The average molecular weight is 402 g/mol. The van der Waals surface area contributed by atoms with Gasteiger partial charge in [-0.1, -0.05) is 66.5 Å². The number of hydrogen-bond acceptors (Lipinski definition) is 3. The third-order valence-electron chi connectivity index (χ3n) is 4.90. The Kier molecular flexibility index (Phi) is 9.72. The Morgan fingerprint density at radius 3 is 2.00 bits per heavy atom. The normalized spacial score (nSPS) is 12.9. The molecule has 5 heteroatoms. The Labute approximate surface area is 176 Å². The molecule has 2 aromatic rings. The van der Waals surface area contributed by atoms with Crippen molar-refractivity contribution in [1.29, 1.82) is 0 Å². The summed E-state index contributed by atoms with van der Waals surface area (Å²) in [5, 5.41) is 22.3. The van der Waals surface area contributed by atoms with Crippen LogP contribution in [0.15, 0.2) is 48.5 Å². The van der Waals surface area contributed by atoms with Crippen LogP contribution in [-0.4, -0.2) is 42.4 Å². The van der Waals surface area contributed by atoms with E-state index in [2.05, 4.69) is 42.6 Å². The molecule has 0 bridgehead atoms. The minimum atomic E-state index is -1.01. The quantitative estimate of drug-likeness (QED) is 0.488. The van der Waals surface area contributed by atoms with Crippen molar-refractivity contribution in [3.8, 4) is 0 Å². The van der Waals surface area contributed by atoms with Crippen molar-refractivity contribution in [3.63, 3.8) is 0 Å². The van der Waals surface area contributed by atoms with Gasteiger partial charge in [-0.15, -0.1) is 0 Å². The summed E-state index contributed by atoms with van der Waals surface area (Å²) in [5.74, 6) is 0.294. The molecule has 0 aliphatic heterocycles. The van der Waals surface area contributed by atoms with Gasteiger partial charge in [-0.3, -0.25) is 0 Å². The molecule has 0 aromatic heterocycles. The molecule has 0 heterocycles. The summed E-state index contributed by atoms with van der Waals surface area (Å²) in [6, 6.07) is 16.4. The molecule has 0 spiro atoms. The van der Waals surface area contributed by atoms with E-state index in [1.807, 2.05) is 18.2 Å². The van der Waals surface area contributed by atoms with Gasteiger partial charge >= 0.3 is 0 Å². The smallest absolute Gasteiger partial charge is 0.115 e. The van der Waals surface area contributed by atoms with E-state index in [1.54, 1.807) is 27.7 Å². The molecule has 28 heavy (non-hydrogen) atoms. The van der Waals surface area contributed by atoms with Gasteiger partial charge in [0.15, 0.2) is 0 Å². The van der Waals surface area contributed by atoms with E-state index in [0.29, 0.717) is 16.4 Å². The summed E-state index contributed by atoms with van der Waals surface area (Å²) in [4.78, 5) is 0. The van der Waals surface area contributed by atoms with E-state index >= 15 is 0 Å². The summed E-state index contributed by atoms with van der Waals surface area (Å²) < 4.78 is 0. The molecule has 0 saturated carbocycles. The number of nitrogens with one attached hydrogen (secondary N) is 1. The van der Waals surface area contributed by atoms with Crippen LogP contribution >= 0.6 is 11.6 Å². The predicted octanol–water partition coefficient (Wildman–Crippen LogP) is 3.79. The van der Waals surface area contributed by atoms with Crippen molar-refractivity contribution in [2.45, 2.75) is 58.2 Å². The number of halogens is 1. The van der Waals surface area contributed by atoms with Gasteiger partial charge in [0.05, 0.1) is 11.2 Å². The minimum absolute atomic E-state index is 0.294. The molecule has 152 valence electrons. The molecule has 1 atom stereocenters. The maximum absolute atomic E-state index is 9.10. The lowest BCUT2D eigenvalue weighted by Crippen LogP contribution is -2.44. The zero-order chi connectivity index (χ0) is 21.4. The lowest BCUT2D eigenvalue weighted by molar-refractivity contribution is -0.107. The van der Waals surface area contributed by atoms with Gasteiger partial charge in [-0.2, -0.15) is 0 Å². The van der Waals surface area contributed by atoms with E-state index in [4.69, 9.17) is 29.7 Å². The third kappa shape index (κ3) is 7.96. The monoisotopic (exact) mass is 401 g/mol. The van der Waals surface area contributed by atoms with E-state index in [-0.39, 0.29) is 0 Å². The van der Waals surface area contributed by atoms with Gasteiger partial charge in [0.1, 0.15) is 7.85 Å². The van der Waals surface area contributed by atoms with Crippen molar-refractivity contribution in [2.24, 2.45) is 0 Å². The zero-order valence-corrected chi connectivity index (χ0v) is 18.4. The van der Waals surface area contributed by atoms with Crippen LogP contribution < -0.4 is 10.8 Å². The second-order valence-electron chi connectivity index (χ2n) is 8.07. The van der Waals surface area contributed by atoms with Crippen molar-refractivity contribution < 1.29 is 10.2 Å². The first kappa shape index (κ1) is 24.7. The highest BCUT2D eigenvalue weighted by Gasteiger charge is 2.31. The first-order valence-corrected chi connectivity index (χ1v) is 10.1. The average Bonchev–Trinajstić information content (AvgIpc) is 2.61. The second-order valence-corrected chi connectivity index (χ2v) is 8.47. The fourth-order valence-corrected chi connectivity index (χ4v) is 2.43. The first-order chi connectivity index (χ1) is 13.0. The summed E-state index contributed by atoms with van der Waals surface area (Å²) in [7, 11) is 5.94. The summed E-state index contributed by atoms with van der Waals surface area (Å²) in [6.07, 6.45) is 1.13. The Morgan fingerprint density at radius 2 is 1.54 bits per heavy atom. The van der Waals surface area contributed by atoms with E-state index in [0.717, 1.165) is 19.5 Å². The fourth-order valence-electron chi connectivity index (χ4n) is 2.32. The predicted molar refractivity (Wildman–Crippen MR) is 121 cm³/mol. The molecule has 3 N–H and O–H groups in total. The maximum atomic E-state index is 9.10. The van der Waals surface area contributed by atoms with E-state index in [9.17, 15) is 0 Å². The van der Waals surface area contributed by atoms with Crippen LogP contribution in [0.1, 0.15) is 58.1 Å². The molecule has 0 aliphatic carbocycles. The maximum Gasteiger partial charge on any atom is 0.115 e. The molecule has 3 nitrogen and oxygen atoms in total. The van der Waals surface area contributed by atoms with Crippen LogP contribution in [-0.2, 0) is 0 Å². The van der Waals surface area contributed by atoms with Crippen LogP contribution in [0.25, 0.3) is 0 Å². The number of aliphatic hydroxyl groups is 2. The molecule has 2 aromatic carbocycles. The van der Waals surface area contributed by atoms with E-state index < -0.39 is 11.2 Å². The molecular weight excluding hydrogens is 369 g/mol. The van der Waals surface area contributed by atoms with Crippen molar-refractivity contribution >= 4 is 24.9 Å². The molecule has 2 rings (SSSR count). The Bertz CT molecular complexity index is 697. The molecule has 0 saturated heterocycles. The lowest BCUT2D eigenvalue weighted by Gasteiger charge is -2.31. The molecule has 1 unspecified atom stereocenters. The first-order valence-electron chi connectivity index (χ1n) is 9.72. The summed E-state index contributed by atoms with van der Waals surface area (Å²) in [5.41, 5.74) is 1.11. The lowest BCUT2D eigenvalue weighted by atomic mass is 9.86. The molecule has 0 aliphatic rings. The standard InChI is InChI=1S/C17H19BClN.C6H14O2/c1-2-10-20-12-15(13-6-4-3-5-7-13)14-8-9-17(19)16(18)11-14;1-5(2,7)6(3,4)8/h3-9,11,15,20H,2,10,12H2,1H3;7-8H,1-4H3. The second kappa shape index (κ2) is 11.0. The van der Waals surface area contributed by atoms with Gasteiger partial charge in [0.25, 0.3) is 0 Å². The number of hydrogen-bond donors (Lipinski definition) is 3. The largest absolute Gasteiger partial charge is 0.387 e. The zero-order valence-electron chi connectivity index (χ0n) is 17.7. The number of rotatable bonds is 7. The van der Waals surface area contributed by atoms with Gasteiger partial charge in [0, 0.05) is 17.5 Å². The SMILES string of the molecule is CC(C)(O)C(C)(C)O.[B]c1cc(C(CNCCC)c2ccccc2)ccc1Cl. The molecule has 0 amide bonds. The molecule has 0 fully saturated rings. The highest BCUT2D eigenvalue weighted by molar-refractivity contribution is 6.45. The fraction of sp³-hybridized carbons (Fsp3) is 0.478. The van der Waals surface area contributed by atoms with E-state index in [1.165, 1.54) is 11.1 Å². The topological polar surface area (TPSA) is 52.5 Å². The summed E-state index contributed by atoms with van der Waals surface area (Å²) in [6.45, 7) is 10.4. The minimum Gasteiger partial charge on any atom is -0.387 e. The highest BCUT2D eigenvalue weighted by Crippen LogP contribution is 2.24. The Balaban J connectivity index is 0.000000416. The molecular formula is C23H33BClNO2. The van der Waals surface area contributed by atoms with Gasteiger partial charge in [-0.05, 0) is 57.9 Å². The number of benzene rings is 2. The van der Waals surface area contributed by atoms with Crippen molar-refractivity contribution in [1.82, 2.24) is 5.32 Å². The van der Waals surface area contributed by atoms with Crippen LogP contribution in [0.5, 0.6) is 0 Å². The van der Waals surface area contributed by atoms with Crippen molar-refractivity contribution in [2.75, 3.05) is 13.1 Å². The Hall–Kier alpha value is -1.33. The van der Waals surface area contributed by atoms with Crippen LogP contribution in [0, 0.1) is 0 Å². The van der Waals surface area contributed by atoms with Gasteiger partial charge < -0.3 is 15.5 Å².